The second kappa shape index (κ2) is 13.7. The van der Waals surface area contributed by atoms with Gasteiger partial charge in [-0.1, -0.05) is 157 Å². The Morgan fingerprint density at radius 3 is 1.11 bits per heavy atom. The molecule has 0 fully saturated rings. The molecule has 0 atom stereocenters. The van der Waals surface area contributed by atoms with E-state index in [9.17, 15) is 10.5 Å². The van der Waals surface area contributed by atoms with Crippen LogP contribution in [0.25, 0.3) is 105 Å². The van der Waals surface area contributed by atoms with E-state index in [2.05, 4.69) is 215 Å². The largest absolute Gasteiger partial charge is 0.307 e. The minimum absolute atomic E-state index is 0.405. The lowest BCUT2D eigenvalue weighted by molar-refractivity contribution is 1.08. The molecule has 0 aliphatic carbocycles. The summed E-state index contributed by atoms with van der Waals surface area (Å²) in [5.74, 6) is 0. The molecule has 0 radical (unpaired) electrons. The summed E-state index contributed by atoms with van der Waals surface area (Å²) in [6.07, 6.45) is 0. The van der Waals surface area contributed by atoms with E-state index >= 15 is 0 Å². The highest BCUT2D eigenvalue weighted by Gasteiger charge is 2.33. The third-order valence-corrected chi connectivity index (χ3v) is 12.6. The van der Waals surface area contributed by atoms with E-state index in [1.54, 1.807) is 0 Å². The van der Waals surface area contributed by atoms with Gasteiger partial charge in [0.25, 0.3) is 0 Å². The van der Waals surface area contributed by atoms with E-state index in [1.165, 1.54) is 0 Å². The smallest absolute Gasteiger partial charge is 0.104 e. The molecule has 0 unspecified atom stereocenters. The highest BCUT2D eigenvalue weighted by molar-refractivity contribution is 6.15. The van der Waals surface area contributed by atoms with Gasteiger partial charge in [0.05, 0.1) is 50.2 Å². The molecule has 0 aliphatic heterocycles. The molecule has 0 N–H and O–H groups in total. The Labute approximate surface area is 357 Å². The van der Waals surface area contributed by atoms with Gasteiger partial charge in [0.1, 0.15) is 23.3 Å². The lowest BCUT2D eigenvalue weighted by Gasteiger charge is -2.26. The molecule has 12 rings (SSSR count). The van der Waals surface area contributed by atoms with E-state index in [4.69, 9.17) is 0 Å². The molecule has 5 nitrogen and oxygen atoms in total. The molecular weight excluding hydrogens is 755 g/mol. The standard InChI is InChI=1S/C57H35N5/c1-36-27-29-38(30-28-36)54-56(61-48-22-10-5-17-40(48)41-18-6-11-23-49(41)61)46(34-58)55(47(35-59)57(54)62-50-24-12-7-19-42(50)43-20-8-13-25-51(43)62)60-52-26-14-9-21-44(52)45-33-39(31-32-53(45)60)37-15-3-2-4-16-37/h2-33H,1H3. The quantitative estimate of drug-likeness (QED) is 0.174. The van der Waals surface area contributed by atoms with E-state index in [1.807, 2.05) is 12.1 Å². The van der Waals surface area contributed by atoms with Crippen LogP contribution < -0.4 is 0 Å². The van der Waals surface area contributed by atoms with Gasteiger partial charge in [0, 0.05) is 37.9 Å². The number of nitriles is 2. The molecule has 12 aromatic rings. The SMILES string of the molecule is Cc1ccc(-c2c(-n3c4ccccc4c4ccccc43)c(C#N)c(-n3c4ccccc4c4cc(-c5ccccc5)ccc43)c(C#N)c2-n2c3ccccc3c3ccccc32)cc1. The number of aryl methyl sites for hydroxylation is 1. The van der Waals surface area contributed by atoms with Crippen molar-refractivity contribution in [2.24, 2.45) is 0 Å². The summed E-state index contributed by atoms with van der Waals surface area (Å²) >= 11 is 0. The number of hydrogen-bond donors (Lipinski definition) is 0. The fourth-order valence-electron chi connectivity index (χ4n) is 9.94. The van der Waals surface area contributed by atoms with Crippen molar-refractivity contribution in [3.63, 3.8) is 0 Å². The number of para-hydroxylation sites is 5. The Morgan fingerprint density at radius 2 is 0.677 bits per heavy atom. The van der Waals surface area contributed by atoms with Gasteiger partial charge in [-0.05, 0) is 66.1 Å². The van der Waals surface area contributed by atoms with Crippen LogP contribution >= 0.6 is 0 Å². The molecule has 9 aromatic carbocycles. The number of nitrogens with zero attached hydrogens (tertiary/aromatic N) is 5. The molecular formula is C57H35N5. The molecule has 0 aliphatic rings. The molecule has 3 aromatic heterocycles. The molecule has 5 heteroatoms. The number of benzene rings is 9. The van der Waals surface area contributed by atoms with Crippen LogP contribution in [0.2, 0.25) is 0 Å². The average molecular weight is 790 g/mol. The molecule has 0 amide bonds. The van der Waals surface area contributed by atoms with Crippen molar-refractivity contribution in [3.8, 4) is 51.5 Å². The normalized spacial score (nSPS) is 11.6. The Kier molecular flexibility index (Phi) is 7.81. The fraction of sp³-hybridized carbons (Fsp3) is 0.0175. The molecule has 3 heterocycles. The average Bonchev–Trinajstić information content (AvgIpc) is 3.96. The van der Waals surface area contributed by atoms with Crippen LogP contribution in [0.15, 0.2) is 194 Å². The first-order valence-electron chi connectivity index (χ1n) is 20.8. The van der Waals surface area contributed by atoms with Gasteiger partial charge in [0.2, 0.25) is 0 Å². The zero-order valence-electron chi connectivity index (χ0n) is 33.7. The first-order valence-corrected chi connectivity index (χ1v) is 20.8. The summed E-state index contributed by atoms with van der Waals surface area (Å²) in [5, 5.41) is 30.4. The first kappa shape index (κ1) is 35.3. The van der Waals surface area contributed by atoms with Crippen LogP contribution in [0, 0.1) is 29.6 Å². The number of fused-ring (bicyclic) bond motifs is 9. The summed E-state index contributed by atoms with van der Waals surface area (Å²) < 4.78 is 6.70. The number of rotatable bonds is 5. The molecule has 0 spiro atoms. The van der Waals surface area contributed by atoms with E-state index in [-0.39, 0.29) is 0 Å². The predicted octanol–water partition coefficient (Wildman–Crippen LogP) is 14.4. The lowest BCUT2D eigenvalue weighted by atomic mass is 9.91. The van der Waals surface area contributed by atoms with Crippen molar-refractivity contribution in [3.05, 3.63) is 211 Å². The lowest BCUT2D eigenvalue weighted by Crippen LogP contribution is -2.14. The van der Waals surface area contributed by atoms with Crippen molar-refractivity contribution in [2.75, 3.05) is 0 Å². The van der Waals surface area contributed by atoms with Crippen LogP contribution in [0.5, 0.6) is 0 Å². The van der Waals surface area contributed by atoms with Crippen LogP contribution in [0.4, 0.5) is 0 Å². The third-order valence-electron chi connectivity index (χ3n) is 12.6. The highest BCUT2D eigenvalue weighted by Crippen LogP contribution is 2.49. The van der Waals surface area contributed by atoms with Gasteiger partial charge in [-0.2, -0.15) is 10.5 Å². The second-order valence-corrected chi connectivity index (χ2v) is 16.0. The Bertz CT molecular complexity index is 3620. The summed E-state index contributed by atoms with van der Waals surface area (Å²) in [6.45, 7) is 2.08. The minimum Gasteiger partial charge on any atom is -0.307 e. The summed E-state index contributed by atoms with van der Waals surface area (Å²) in [4.78, 5) is 0. The van der Waals surface area contributed by atoms with Gasteiger partial charge in [-0.3, -0.25) is 0 Å². The molecule has 62 heavy (non-hydrogen) atoms. The van der Waals surface area contributed by atoms with E-state index in [0.717, 1.165) is 93.2 Å². The van der Waals surface area contributed by atoms with Crippen molar-refractivity contribution < 1.29 is 0 Å². The summed E-state index contributed by atoms with van der Waals surface area (Å²) in [6, 6.07) is 73.0. The minimum atomic E-state index is 0.405. The van der Waals surface area contributed by atoms with Crippen LogP contribution in [0.3, 0.4) is 0 Å². The van der Waals surface area contributed by atoms with Crippen molar-refractivity contribution >= 4 is 65.4 Å². The van der Waals surface area contributed by atoms with Crippen molar-refractivity contribution in [2.45, 2.75) is 6.92 Å². The van der Waals surface area contributed by atoms with Crippen LogP contribution in [-0.2, 0) is 0 Å². The van der Waals surface area contributed by atoms with Gasteiger partial charge in [0.15, 0.2) is 0 Å². The molecule has 288 valence electrons. The Balaban J connectivity index is 1.37. The van der Waals surface area contributed by atoms with Crippen molar-refractivity contribution in [1.29, 1.82) is 10.5 Å². The first-order chi connectivity index (χ1) is 30.6. The molecule has 0 bridgehead atoms. The van der Waals surface area contributed by atoms with Gasteiger partial charge >= 0.3 is 0 Å². The van der Waals surface area contributed by atoms with Gasteiger partial charge < -0.3 is 13.7 Å². The van der Waals surface area contributed by atoms with E-state index < -0.39 is 0 Å². The van der Waals surface area contributed by atoms with Gasteiger partial charge in [-0.15, -0.1) is 0 Å². The maximum atomic E-state index is 12.0. The third kappa shape index (κ3) is 5.00. The monoisotopic (exact) mass is 789 g/mol. The number of aromatic nitrogens is 3. The summed E-state index contributed by atoms with van der Waals surface area (Å²) in [5.41, 5.74) is 13.5. The zero-order valence-corrected chi connectivity index (χ0v) is 33.7. The topological polar surface area (TPSA) is 62.4 Å². The maximum Gasteiger partial charge on any atom is 0.104 e. The zero-order chi connectivity index (χ0) is 41.5. The van der Waals surface area contributed by atoms with E-state index in [0.29, 0.717) is 28.2 Å². The number of hydrogen-bond acceptors (Lipinski definition) is 2. The Hall–Kier alpha value is -8.64. The Morgan fingerprint density at radius 1 is 0.323 bits per heavy atom. The van der Waals surface area contributed by atoms with Crippen molar-refractivity contribution in [1.82, 2.24) is 13.7 Å². The molecule has 0 saturated heterocycles. The maximum absolute atomic E-state index is 12.0. The highest BCUT2D eigenvalue weighted by atomic mass is 15.1. The fourth-order valence-corrected chi connectivity index (χ4v) is 9.94. The molecule has 0 saturated carbocycles. The summed E-state index contributed by atoms with van der Waals surface area (Å²) in [7, 11) is 0. The van der Waals surface area contributed by atoms with Crippen LogP contribution in [0.1, 0.15) is 16.7 Å². The second-order valence-electron chi connectivity index (χ2n) is 16.0. The predicted molar refractivity (Wildman–Crippen MR) is 254 cm³/mol. The van der Waals surface area contributed by atoms with Gasteiger partial charge in [-0.25, -0.2) is 0 Å². The van der Waals surface area contributed by atoms with Crippen LogP contribution in [-0.4, -0.2) is 13.7 Å².